The molecule has 5 nitrogen and oxygen atoms in total. The van der Waals surface area contributed by atoms with E-state index in [4.69, 9.17) is 4.74 Å². The maximum atomic E-state index is 12.1. The molecule has 21 heavy (non-hydrogen) atoms. The van der Waals surface area contributed by atoms with Gasteiger partial charge in [-0.1, -0.05) is 30.5 Å². The molecule has 0 saturated heterocycles. The van der Waals surface area contributed by atoms with E-state index >= 15 is 0 Å². The molecule has 3 unspecified atom stereocenters. The number of hydrogen-bond donors (Lipinski definition) is 3. The quantitative estimate of drug-likeness (QED) is 0.780. The summed E-state index contributed by atoms with van der Waals surface area (Å²) in [6, 6.07) is 5.49. The summed E-state index contributed by atoms with van der Waals surface area (Å²) in [5.74, 6) is 0.837. The van der Waals surface area contributed by atoms with E-state index in [-0.39, 0.29) is 18.1 Å². The molecule has 1 heterocycles. The van der Waals surface area contributed by atoms with Crippen LogP contribution in [0.2, 0.25) is 0 Å². The van der Waals surface area contributed by atoms with Crippen LogP contribution >= 0.6 is 0 Å². The number of benzene rings is 1. The predicted molar refractivity (Wildman–Crippen MR) is 79.3 cm³/mol. The summed E-state index contributed by atoms with van der Waals surface area (Å²) < 4.78 is 5.59. The van der Waals surface area contributed by atoms with Gasteiger partial charge < -0.3 is 20.5 Å². The van der Waals surface area contributed by atoms with Crippen LogP contribution in [0.15, 0.2) is 18.2 Å². The minimum absolute atomic E-state index is 0.124. The second-order valence-corrected chi connectivity index (χ2v) is 5.98. The Morgan fingerprint density at radius 3 is 2.90 bits per heavy atom. The number of aryl methyl sites for hydroxylation is 1. The summed E-state index contributed by atoms with van der Waals surface area (Å²) in [5.41, 5.74) is 2.17. The molecule has 1 saturated carbocycles. The van der Waals surface area contributed by atoms with Crippen molar-refractivity contribution in [2.24, 2.45) is 0 Å². The van der Waals surface area contributed by atoms with Crippen molar-refractivity contribution in [3.8, 4) is 5.75 Å². The number of carbonyl (C=O) groups excluding carboxylic acids is 1. The van der Waals surface area contributed by atoms with Crippen molar-refractivity contribution in [3.63, 3.8) is 0 Å². The largest absolute Gasteiger partial charge is 0.491 e. The third-order valence-corrected chi connectivity index (χ3v) is 4.30. The zero-order valence-corrected chi connectivity index (χ0v) is 12.3. The maximum Gasteiger partial charge on any atom is 0.315 e. The van der Waals surface area contributed by atoms with Gasteiger partial charge in [0.25, 0.3) is 0 Å². The minimum atomic E-state index is -0.432. The Labute approximate surface area is 124 Å². The summed E-state index contributed by atoms with van der Waals surface area (Å²) >= 11 is 0. The van der Waals surface area contributed by atoms with Gasteiger partial charge in [-0.05, 0) is 25.8 Å². The van der Waals surface area contributed by atoms with Crippen molar-refractivity contribution in [2.45, 2.75) is 50.8 Å². The van der Waals surface area contributed by atoms with Gasteiger partial charge in [-0.15, -0.1) is 0 Å². The lowest BCUT2D eigenvalue weighted by Gasteiger charge is -2.28. The van der Waals surface area contributed by atoms with Crippen LogP contribution in [0, 0.1) is 6.92 Å². The third-order valence-electron chi connectivity index (χ3n) is 4.30. The molecule has 1 fully saturated rings. The van der Waals surface area contributed by atoms with E-state index in [0.717, 1.165) is 42.6 Å². The van der Waals surface area contributed by atoms with Crippen LogP contribution in [0.4, 0.5) is 4.79 Å². The van der Waals surface area contributed by atoms with Gasteiger partial charge >= 0.3 is 6.03 Å². The predicted octanol–water partition coefficient (Wildman–Crippen LogP) is 2.03. The Balaban J connectivity index is 1.60. The first-order valence-corrected chi connectivity index (χ1v) is 7.62. The topological polar surface area (TPSA) is 70.6 Å². The van der Waals surface area contributed by atoms with Crippen LogP contribution in [-0.4, -0.2) is 29.9 Å². The minimum Gasteiger partial charge on any atom is -0.491 e. The van der Waals surface area contributed by atoms with Gasteiger partial charge in [0.05, 0.1) is 18.2 Å². The third kappa shape index (κ3) is 3.13. The average molecular weight is 290 g/mol. The fourth-order valence-corrected chi connectivity index (χ4v) is 3.10. The van der Waals surface area contributed by atoms with Crippen LogP contribution in [-0.2, 0) is 0 Å². The molecule has 114 valence electrons. The van der Waals surface area contributed by atoms with Crippen molar-refractivity contribution in [1.29, 1.82) is 0 Å². The molecule has 2 amide bonds. The van der Waals surface area contributed by atoms with E-state index in [2.05, 4.69) is 10.6 Å². The normalized spacial score (nSPS) is 27.6. The number of hydrogen-bond acceptors (Lipinski definition) is 3. The Morgan fingerprint density at radius 2 is 2.10 bits per heavy atom. The molecule has 0 bridgehead atoms. The van der Waals surface area contributed by atoms with Gasteiger partial charge in [0.1, 0.15) is 12.4 Å². The summed E-state index contributed by atoms with van der Waals surface area (Å²) in [4.78, 5) is 12.1. The molecule has 3 N–H and O–H groups in total. The molecule has 1 aliphatic heterocycles. The van der Waals surface area contributed by atoms with Gasteiger partial charge in [-0.2, -0.15) is 0 Å². The smallest absolute Gasteiger partial charge is 0.315 e. The summed E-state index contributed by atoms with van der Waals surface area (Å²) in [5, 5.41) is 15.7. The molecule has 5 heteroatoms. The number of nitrogens with one attached hydrogen (secondary N) is 2. The van der Waals surface area contributed by atoms with E-state index in [9.17, 15) is 9.90 Å². The molecule has 3 rings (SSSR count). The standard InChI is InChI=1S/C16H22N2O3/c1-10-6-7-15-11(8-10)13(9-21-15)18-16(20)17-12-4-2-3-5-14(12)19/h6-8,12-14,19H,2-5,9H2,1H3,(H2,17,18,20). The van der Waals surface area contributed by atoms with Crippen LogP contribution < -0.4 is 15.4 Å². The van der Waals surface area contributed by atoms with Crippen LogP contribution in [0.25, 0.3) is 0 Å². The molecule has 2 aliphatic rings. The first-order chi connectivity index (χ1) is 10.1. The first kappa shape index (κ1) is 14.2. The fraction of sp³-hybridized carbons (Fsp3) is 0.562. The fourth-order valence-electron chi connectivity index (χ4n) is 3.10. The lowest BCUT2D eigenvalue weighted by Crippen LogP contribution is -2.49. The van der Waals surface area contributed by atoms with Gasteiger partial charge in [0.15, 0.2) is 0 Å². The first-order valence-electron chi connectivity index (χ1n) is 7.62. The maximum absolute atomic E-state index is 12.1. The number of urea groups is 1. The van der Waals surface area contributed by atoms with E-state index in [0.29, 0.717) is 6.61 Å². The number of rotatable bonds is 2. The molecule has 0 radical (unpaired) electrons. The highest BCUT2D eigenvalue weighted by molar-refractivity contribution is 5.75. The summed E-state index contributed by atoms with van der Waals surface area (Å²) in [7, 11) is 0. The number of amides is 2. The zero-order chi connectivity index (χ0) is 14.8. The second-order valence-electron chi connectivity index (χ2n) is 5.98. The molecule has 1 aromatic carbocycles. The Kier molecular flexibility index (Phi) is 4.01. The van der Waals surface area contributed by atoms with E-state index in [1.165, 1.54) is 0 Å². The van der Waals surface area contributed by atoms with Crippen molar-refractivity contribution in [3.05, 3.63) is 29.3 Å². The Morgan fingerprint density at radius 1 is 1.29 bits per heavy atom. The molecule has 1 aliphatic carbocycles. The molecule has 0 spiro atoms. The highest BCUT2D eigenvalue weighted by Crippen LogP contribution is 2.32. The Hall–Kier alpha value is -1.75. The second kappa shape index (κ2) is 5.93. The van der Waals surface area contributed by atoms with Gasteiger partial charge in [0.2, 0.25) is 0 Å². The van der Waals surface area contributed by atoms with Gasteiger partial charge in [-0.3, -0.25) is 0 Å². The van der Waals surface area contributed by atoms with Gasteiger partial charge in [-0.25, -0.2) is 4.79 Å². The van der Waals surface area contributed by atoms with Crippen molar-refractivity contribution >= 4 is 6.03 Å². The molecular formula is C16H22N2O3. The Bertz CT molecular complexity index is 532. The van der Waals surface area contributed by atoms with Crippen molar-refractivity contribution in [2.75, 3.05) is 6.61 Å². The molecule has 1 aromatic rings. The number of aliphatic hydroxyl groups is 1. The van der Waals surface area contributed by atoms with Crippen LogP contribution in [0.5, 0.6) is 5.75 Å². The average Bonchev–Trinajstić information content (AvgIpc) is 2.84. The molecule has 3 atom stereocenters. The zero-order valence-electron chi connectivity index (χ0n) is 12.3. The highest BCUT2D eigenvalue weighted by Gasteiger charge is 2.28. The SMILES string of the molecule is Cc1ccc2c(c1)C(NC(=O)NC1CCCCC1O)CO2. The number of fused-ring (bicyclic) bond motifs is 1. The lowest BCUT2D eigenvalue weighted by molar-refractivity contribution is 0.0939. The van der Waals surface area contributed by atoms with Crippen LogP contribution in [0.1, 0.15) is 42.9 Å². The van der Waals surface area contributed by atoms with E-state index in [1.807, 2.05) is 25.1 Å². The molecule has 0 aromatic heterocycles. The summed E-state index contributed by atoms with van der Waals surface area (Å²) in [6.07, 6.45) is 3.25. The lowest BCUT2D eigenvalue weighted by atomic mass is 9.93. The van der Waals surface area contributed by atoms with Crippen molar-refractivity contribution < 1.29 is 14.6 Å². The summed E-state index contributed by atoms with van der Waals surface area (Å²) in [6.45, 7) is 2.48. The van der Waals surface area contributed by atoms with E-state index in [1.54, 1.807) is 0 Å². The molecular weight excluding hydrogens is 268 g/mol. The highest BCUT2D eigenvalue weighted by atomic mass is 16.5. The monoisotopic (exact) mass is 290 g/mol. The number of aliphatic hydroxyl groups excluding tert-OH is 1. The number of carbonyl (C=O) groups is 1. The van der Waals surface area contributed by atoms with E-state index < -0.39 is 6.10 Å². The van der Waals surface area contributed by atoms with Crippen molar-refractivity contribution in [1.82, 2.24) is 10.6 Å². The van der Waals surface area contributed by atoms with Crippen LogP contribution in [0.3, 0.4) is 0 Å². The van der Waals surface area contributed by atoms with Gasteiger partial charge in [0, 0.05) is 5.56 Å². The number of ether oxygens (including phenoxy) is 1.